The van der Waals surface area contributed by atoms with E-state index < -0.39 is 0 Å². The van der Waals surface area contributed by atoms with E-state index in [1.54, 1.807) is 24.3 Å². The minimum Gasteiger partial charge on any atom is -0.354 e. The second kappa shape index (κ2) is 8.77. The molecule has 1 heterocycles. The summed E-state index contributed by atoms with van der Waals surface area (Å²) in [4.78, 5) is 31.7. The summed E-state index contributed by atoms with van der Waals surface area (Å²) in [5, 5.41) is 8.55. The molecule has 7 heteroatoms. The fourth-order valence-corrected chi connectivity index (χ4v) is 2.09. The summed E-state index contributed by atoms with van der Waals surface area (Å²) in [5.41, 5.74) is 1.56. The molecule has 25 heavy (non-hydrogen) atoms. The van der Waals surface area contributed by atoms with Crippen molar-refractivity contribution in [1.82, 2.24) is 9.97 Å². The first-order valence-electron chi connectivity index (χ1n) is 8.19. The Kier molecular flexibility index (Phi) is 6.45. The number of benzene rings is 1. The van der Waals surface area contributed by atoms with Gasteiger partial charge < -0.3 is 16.0 Å². The van der Waals surface area contributed by atoms with Crippen LogP contribution in [0, 0.1) is 5.92 Å². The molecule has 0 spiro atoms. The fourth-order valence-electron chi connectivity index (χ4n) is 2.09. The Labute approximate surface area is 147 Å². The zero-order chi connectivity index (χ0) is 18.2. The van der Waals surface area contributed by atoms with Gasteiger partial charge in [-0.3, -0.25) is 9.59 Å². The van der Waals surface area contributed by atoms with Gasteiger partial charge in [0.2, 0.25) is 11.9 Å². The Balaban J connectivity index is 1.95. The molecule has 0 unspecified atom stereocenters. The molecule has 0 fully saturated rings. The third-order valence-corrected chi connectivity index (χ3v) is 3.36. The molecule has 0 atom stereocenters. The van der Waals surface area contributed by atoms with Gasteiger partial charge in [-0.15, -0.1) is 0 Å². The Morgan fingerprint density at radius 1 is 1.08 bits per heavy atom. The second-order valence-corrected chi connectivity index (χ2v) is 6.12. The number of hydrogen-bond acceptors (Lipinski definition) is 5. The minimum absolute atomic E-state index is 0.169. The van der Waals surface area contributed by atoms with Crippen LogP contribution in [0.4, 0.5) is 17.3 Å². The van der Waals surface area contributed by atoms with E-state index in [-0.39, 0.29) is 11.8 Å². The number of aromatic nitrogens is 2. The van der Waals surface area contributed by atoms with E-state index in [0.29, 0.717) is 28.8 Å². The Morgan fingerprint density at radius 3 is 2.32 bits per heavy atom. The average Bonchev–Trinajstić information content (AvgIpc) is 2.55. The van der Waals surface area contributed by atoms with Crippen molar-refractivity contribution < 1.29 is 9.59 Å². The summed E-state index contributed by atoms with van der Waals surface area (Å²) >= 11 is 0. The molecule has 2 amide bonds. The van der Waals surface area contributed by atoms with Gasteiger partial charge in [0.15, 0.2) is 0 Å². The van der Waals surface area contributed by atoms with Crippen LogP contribution in [0.25, 0.3) is 0 Å². The standard InChI is InChI=1S/C18H23N5O2/c1-12(2)7-8-19-18-20-10-14(11-21-18)17(25)23-16-6-4-5-15(9-16)22-13(3)24/h4-6,9-12H,7-8H2,1-3H3,(H,22,24)(H,23,25)(H,19,20,21). The van der Waals surface area contributed by atoms with Crippen LogP contribution >= 0.6 is 0 Å². The van der Waals surface area contributed by atoms with Gasteiger partial charge in [0, 0.05) is 37.2 Å². The predicted octanol–water partition coefficient (Wildman–Crippen LogP) is 3.15. The highest BCUT2D eigenvalue weighted by Crippen LogP contribution is 2.16. The zero-order valence-electron chi connectivity index (χ0n) is 14.7. The van der Waals surface area contributed by atoms with E-state index in [4.69, 9.17) is 0 Å². The van der Waals surface area contributed by atoms with Crippen LogP contribution in [-0.4, -0.2) is 28.3 Å². The van der Waals surface area contributed by atoms with Crippen LogP contribution in [0.15, 0.2) is 36.7 Å². The predicted molar refractivity (Wildman–Crippen MR) is 98.7 cm³/mol. The lowest BCUT2D eigenvalue weighted by molar-refractivity contribution is -0.114. The molecule has 0 aliphatic heterocycles. The summed E-state index contributed by atoms with van der Waals surface area (Å²) in [6.07, 6.45) is 3.99. The number of carbonyl (C=O) groups is 2. The van der Waals surface area contributed by atoms with Crippen molar-refractivity contribution in [3.05, 3.63) is 42.2 Å². The normalized spacial score (nSPS) is 10.4. The molecular formula is C18H23N5O2. The molecule has 0 saturated heterocycles. The van der Waals surface area contributed by atoms with Crippen molar-refractivity contribution >= 4 is 29.1 Å². The molecule has 0 radical (unpaired) electrons. The third kappa shape index (κ3) is 6.21. The molecule has 0 bridgehead atoms. The lowest BCUT2D eigenvalue weighted by Crippen LogP contribution is -2.14. The highest BCUT2D eigenvalue weighted by atomic mass is 16.2. The number of carbonyl (C=O) groups excluding carboxylic acids is 2. The molecule has 0 saturated carbocycles. The maximum Gasteiger partial charge on any atom is 0.258 e. The van der Waals surface area contributed by atoms with Crippen LogP contribution in [0.3, 0.4) is 0 Å². The lowest BCUT2D eigenvalue weighted by Gasteiger charge is -2.09. The van der Waals surface area contributed by atoms with E-state index in [9.17, 15) is 9.59 Å². The van der Waals surface area contributed by atoms with Crippen molar-refractivity contribution in [2.45, 2.75) is 27.2 Å². The number of amides is 2. The quantitative estimate of drug-likeness (QED) is 0.719. The summed E-state index contributed by atoms with van der Waals surface area (Å²) in [7, 11) is 0. The second-order valence-electron chi connectivity index (χ2n) is 6.12. The van der Waals surface area contributed by atoms with Crippen molar-refractivity contribution in [3.8, 4) is 0 Å². The number of anilines is 3. The van der Waals surface area contributed by atoms with E-state index >= 15 is 0 Å². The zero-order valence-corrected chi connectivity index (χ0v) is 14.7. The third-order valence-electron chi connectivity index (χ3n) is 3.36. The molecule has 3 N–H and O–H groups in total. The van der Waals surface area contributed by atoms with Crippen LogP contribution in [0.5, 0.6) is 0 Å². The molecule has 2 aromatic rings. The van der Waals surface area contributed by atoms with E-state index in [0.717, 1.165) is 13.0 Å². The average molecular weight is 341 g/mol. The molecule has 7 nitrogen and oxygen atoms in total. The van der Waals surface area contributed by atoms with Gasteiger partial charge in [-0.25, -0.2) is 9.97 Å². The number of hydrogen-bond donors (Lipinski definition) is 3. The smallest absolute Gasteiger partial charge is 0.258 e. The highest BCUT2D eigenvalue weighted by Gasteiger charge is 2.08. The monoisotopic (exact) mass is 341 g/mol. The minimum atomic E-state index is -0.311. The molecule has 132 valence electrons. The topological polar surface area (TPSA) is 96.0 Å². The Bertz CT molecular complexity index is 729. The largest absolute Gasteiger partial charge is 0.354 e. The van der Waals surface area contributed by atoms with E-state index in [2.05, 4.69) is 39.8 Å². The van der Waals surface area contributed by atoms with Crippen molar-refractivity contribution in [2.75, 3.05) is 22.5 Å². The van der Waals surface area contributed by atoms with Crippen molar-refractivity contribution in [3.63, 3.8) is 0 Å². The van der Waals surface area contributed by atoms with Crippen LogP contribution in [0.2, 0.25) is 0 Å². The summed E-state index contributed by atoms with van der Waals surface area (Å²) < 4.78 is 0. The first-order valence-corrected chi connectivity index (χ1v) is 8.19. The Hall–Kier alpha value is -2.96. The lowest BCUT2D eigenvalue weighted by atomic mass is 10.1. The number of nitrogens with zero attached hydrogens (tertiary/aromatic N) is 2. The summed E-state index contributed by atoms with van der Waals surface area (Å²) in [6.45, 7) is 6.52. The SMILES string of the molecule is CC(=O)Nc1cccc(NC(=O)c2cnc(NCCC(C)C)nc2)c1. The fraction of sp³-hybridized carbons (Fsp3) is 0.333. The Morgan fingerprint density at radius 2 is 1.72 bits per heavy atom. The van der Waals surface area contributed by atoms with Crippen molar-refractivity contribution in [2.24, 2.45) is 5.92 Å². The van der Waals surface area contributed by atoms with Gasteiger partial charge in [0.25, 0.3) is 5.91 Å². The molecule has 0 aliphatic rings. The van der Waals surface area contributed by atoms with Gasteiger partial charge >= 0.3 is 0 Å². The van der Waals surface area contributed by atoms with Gasteiger partial charge in [-0.1, -0.05) is 19.9 Å². The maximum atomic E-state index is 12.3. The molecule has 1 aromatic carbocycles. The first-order chi connectivity index (χ1) is 11.9. The van der Waals surface area contributed by atoms with Crippen LogP contribution in [0.1, 0.15) is 37.6 Å². The number of rotatable bonds is 7. The maximum absolute atomic E-state index is 12.3. The van der Waals surface area contributed by atoms with E-state index in [1.807, 2.05) is 0 Å². The summed E-state index contributed by atoms with van der Waals surface area (Å²) in [6, 6.07) is 6.92. The highest BCUT2D eigenvalue weighted by molar-refractivity contribution is 6.04. The molecule has 0 aliphatic carbocycles. The number of nitrogens with one attached hydrogen (secondary N) is 3. The van der Waals surface area contributed by atoms with Gasteiger partial charge in [0.1, 0.15) is 0 Å². The van der Waals surface area contributed by atoms with Gasteiger partial charge in [-0.2, -0.15) is 0 Å². The van der Waals surface area contributed by atoms with E-state index in [1.165, 1.54) is 19.3 Å². The van der Waals surface area contributed by atoms with Gasteiger partial charge in [0.05, 0.1) is 5.56 Å². The molecular weight excluding hydrogens is 318 g/mol. The molecule has 2 rings (SSSR count). The van der Waals surface area contributed by atoms with Crippen molar-refractivity contribution in [1.29, 1.82) is 0 Å². The van der Waals surface area contributed by atoms with Crippen LogP contribution < -0.4 is 16.0 Å². The van der Waals surface area contributed by atoms with Gasteiger partial charge in [-0.05, 0) is 30.5 Å². The van der Waals surface area contributed by atoms with Crippen LogP contribution in [-0.2, 0) is 4.79 Å². The summed E-state index contributed by atoms with van der Waals surface area (Å²) in [5.74, 6) is 0.627. The first kappa shape index (κ1) is 18.4. The molecule has 1 aromatic heterocycles.